The lowest BCUT2D eigenvalue weighted by Gasteiger charge is -2.38. The molecule has 0 bridgehead atoms. The molecule has 2 nitrogen and oxygen atoms in total. The third kappa shape index (κ3) is 4.89. The van der Waals surface area contributed by atoms with Gasteiger partial charge in [0.05, 0.1) is 0 Å². The van der Waals surface area contributed by atoms with Crippen LogP contribution in [0.4, 0.5) is 0 Å². The number of nitrogens with zero attached hydrogens (tertiary/aromatic N) is 1. The highest BCUT2D eigenvalue weighted by Gasteiger charge is 2.26. The van der Waals surface area contributed by atoms with Crippen LogP contribution in [0.15, 0.2) is 0 Å². The average molecular weight is 254 g/mol. The van der Waals surface area contributed by atoms with Gasteiger partial charge in [0.25, 0.3) is 0 Å². The molecule has 2 N–H and O–H groups in total. The van der Waals surface area contributed by atoms with Crippen LogP contribution < -0.4 is 5.73 Å². The van der Waals surface area contributed by atoms with Crippen LogP contribution in [0.25, 0.3) is 0 Å². The molecule has 18 heavy (non-hydrogen) atoms. The van der Waals surface area contributed by atoms with Crippen molar-refractivity contribution in [3.63, 3.8) is 0 Å². The summed E-state index contributed by atoms with van der Waals surface area (Å²) < 4.78 is 0. The SMILES string of the molecule is CCCCCC(CN)N(C)C1CCC(CC)CC1. The van der Waals surface area contributed by atoms with Crippen molar-refractivity contribution in [1.29, 1.82) is 0 Å². The van der Waals surface area contributed by atoms with Gasteiger partial charge >= 0.3 is 0 Å². The molecule has 0 aliphatic heterocycles. The smallest absolute Gasteiger partial charge is 0.0218 e. The van der Waals surface area contributed by atoms with Gasteiger partial charge in [-0.05, 0) is 45.1 Å². The van der Waals surface area contributed by atoms with Gasteiger partial charge in [0, 0.05) is 18.6 Å². The molecule has 1 saturated carbocycles. The van der Waals surface area contributed by atoms with E-state index in [1.807, 2.05) is 0 Å². The molecular weight excluding hydrogens is 220 g/mol. The van der Waals surface area contributed by atoms with E-state index < -0.39 is 0 Å². The average Bonchev–Trinajstić information content (AvgIpc) is 2.43. The lowest BCUT2D eigenvalue weighted by atomic mass is 9.83. The van der Waals surface area contributed by atoms with Crippen molar-refractivity contribution >= 4 is 0 Å². The fourth-order valence-electron chi connectivity index (χ4n) is 3.38. The first-order valence-electron chi connectivity index (χ1n) is 8.14. The van der Waals surface area contributed by atoms with Gasteiger partial charge in [-0.3, -0.25) is 4.90 Å². The monoisotopic (exact) mass is 254 g/mol. The van der Waals surface area contributed by atoms with E-state index in [0.717, 1.165) is 18.5 Å². The minimum atomic E-state index is 0.611. The van der Waals surface area contributed by atoms with Crippen molar-refractivity contribution in [2.45, 2.75) is 83.7 Å². The zero-order valence-corrected chi connectivity index (χ0v) is 12.8. The summed E-state index contributed by atoms with van der Waals surface area (Å²) in [6.07, 6.45) is 12.3. The van der Waals surface area contributed by atoms with E-state index in [-0.39, 0.29) is 0 Å². The van der Waals surface area contributed by atoms with E-state index in [4.69, 9.17) is 5.73 Å². The highest BCUT2D eigenvalue weighted by atomic mass is 15.2. The van der Waals surface area contributed by atoms with Crippen molar-refractivity contribution in [1.82, 2.24) is 4.90 Å². The molecule has 108 valence electrons. The fraction of sp³-hybridized carbons (Fsp3) is 1.00. The molecule has 2 heteroatoms. The Hall–Kier alpha value is -0.0800. The number of rotatable bonds is 8. The molecule has 0 radical (unpaired) electrons. The summed E-state index contributed by atoms with van der Waals surface area (Å²) >= 11 is 0. The maximum Gasteiger partial charge on any atom is 0.0218 e. The second-order valence-corrected chi connectivity index (χ2v) is 6.13. The lowest BCUT2D eigenvalue weighted by Crippen LogP contribution is -2.45. The molecule has 0 aromatic carbocycles. The Balaban J connectivity index is 2.34. The maximum atomic E-state index is 5.97. The summed E-state index contributed by atoms with van der Waals surface area (Å²) in [5.41, 5.74) is 5.97. The molecule has 1 aliphatic carbocycles. The number of hydrogen-bond donors (Lipinski definition) is 1. The van der Waals surface area contributed by atoms with Crippen LogP contribution in [0.5, 0.6) is 0 Å². The second kappa shape index (κ2) is 8.92. The Kier molecular flexibility index (Phi) is 7.92. The molecule has 0 spiro atoms. The van der Waals surface area contributed by atoms with Crippen LogP contribution in [0.1, 0.15) is 71.6 Å². The highest BCUT2D eigenvalue weighted by molar-refractivity contribution is 4.82. The molecule has 0 aromatic heterocycles. The fourth-order valence-corrected chi connectivity index (χ4v) is 3.38. The first-order valence-corrected chi connectivity index (χ1v) is 8.14. The quantitative estimate of drug-likeness (QED) is 0.668. The minimum absolute atomic E-state index is 0.611. The topological polar surface area (TPSA) is 29.3 Å². The molecule has 0 amide bonds. The van der Waals surface area contributed by atoms with E-state index in [1.54, 1.807) is 0 Å². The summed E-state index contributed by atoms with van der Waals surface area (Å²) in [5, 5.41) is 0. The maximum absolute atomic E-state index is 5.97. The van der Waals surface area contributed by atoms with Crippen molar-refractivity contribution in [3.8, 4) is 0 Å². The van der Waals surface area contributed by atoms with E-state index in [0.29, 0.717) is 6.04 Å². The standard InChI is InChI=1S/C16H34N2/c1-4-6-7-8-16(13-17)18(3)15-11-9-14(5-2)10-12-15/h14-16H,4-13,17H2,1-3H3. The summed E-state index contributed by atoms with van der Waals surface area (Å²) in [6, 6.07) is 1.41. The first-order chi connectivity index (χ1) is 8.72. The lowest BCUT2D eigenvalue weighted by molar-refractivity contribution is 0.115. The van der Waals surface area contributed by atoms with Gasteiger partial charge in [0.2, 0.25) is 0 Å². The predicted molar refractivity (Wildman–Crippen MR) is 80.8 cm³/mol. The van der Waals surface area contributed by atoms with Gasteiger partial charge in [-0.1, -0.05) is 39.5 Å². The molecule has 0 aromatic rings. The van der Waals surface area contributed by atoms with Gasteiger partial charge in [0.15, 0.2) is 0 Å². The van der Waals surface area contributed by atoms with Gasteiger partial charge in [0.1, 0.15) is 0 Å². The molecule has 0 heterocycles. The number of unbranched alkanes of at least 4 members (excludes halogenated alkanes) is 2. The zero-order valence-electron chi connectivity index (χ0n) is 12.8. The van der Waals surface area contributed by atoms with Crippen LogP contribution in [0.2, 0.25) is 0 Å². The van der Waals surface area contributed by atoms with Crippen LogP contribution in [0, 0.1) is 5.92 Å². The second-order valence-electron chi connectivity index (χ2n) is 6.13. The van der Waals surface area contributed by atoms with Crippen LogP contribution in [-0.2, 0) is 0 Å². The molecule has 0 saturated heterocycles. The van der Waals surface area contributed by atoms with Gasteiger partial charge in [-0.2, -0.15) is 0 Å². The summed E-state index contributed by atoms with van der Waals surface area (Å²) in [7, 11) is 2.31. The molecule has 1 fully saturated rings. The molecular formula is C16H34N2. The summed E-state index contributed by atoms with van der Waals surface area (Å²) in [5.74, 6) is 0.992. The van der Waals surface area contributed by atoms with Crippen LogP contribution in [-0.4, -0.2) is 30.6 Å². The molecule has 1 aliphatic rings. The van der Waals surface area contributed by atoms with Crippen LogP contribution >= 0.6 is 0 Å². The van der Waals surface area contributed by atoms with Crippen molar-refractivity contribution in [2.24, 2.45) is 11.7 Å². The minimum Gasteiger partial charge on any atom is -0.329 e. The summed E-state index contributed by atoms with van der Waals surface area (Å²) in [6.45, 7) is 5.43. The predicted octanol–water partition coefficient (Wildman–Crippen LogP) is 3.79. The van der Waals surface area contributed by atoms with E-state index in [1.165, 1.54) is 57.8 Å². The van der Waals surface area contributed by atoms with Gasteiger partial charge in [-0.15, -0.1) is 0 Å². The van der Waals surface area contributed by atoms with E-state index >= 15 is 0 Å². The summed E-state index contributed by atoms with van der Waals surface area (Å²) in [4.78, 5) is 2.60. The first kappa shape index (κ1) is 16.0. The number of hydrogen-bond acceptors (Lipinski definition) is 2. The Morgan fingerprint density at radius 1 is 1.11 bits per heavy atom. The normalized spacial score (nSPS) is 26.5. The molecule has 1 unspecified atom stereocenters. The van der Waals surface area contributed by atoms with E-state index in [9.17, 15) is 0 Å². The van der Waals surface area contributed by atoms with Crippen LogP contribution in [0.3, 0.4) is 0 Å². The Bertz CT molecular complexity index is 193. The Morgan fingerprint density at radius 3 is 2.28 bits per heavy atom. The van der Waals surface area contributed by atoms with Gasteiger partial charge in [-0.25, -0.2) is 0 Å². The Morgan fingerprint density at radius 2 is 1.78 bits per heavy atom. The van der Waals surface area contributed by atoms with Crippen molar-refractivity contribution < 1.29 is 0 Å². The van der Waals surface area contributed by atoms with Gasteiger partial charge < -0.3 is 5.73 Å². The molecule has 1 rings (SSSR count). The Labute approximate surface area is 114 Å². The van der Waals surface area contributed by atoms with Crippen molar-refractivity contribution in [2.75, 3.05) is 13.6 Å². The highest BCUT2D eigenvalue weighted by Crippen LogP contribution is 2.30. The number of nitrogens with two attached hydrogens (primary N) is 1. The zero-order chi connectivity index (χ0) is 13.4. The number of likely N-dealkylation sites (N-methyl/N-ethyl adjacent to an activating group) is 1. The molecule has 1 atom stereocenters. The van der Waals surface area contributed by atoms with Crippen molar-refractivity contribution in [3.05, 3.63) is 0 Å². The largest absolute Gasteiger partial charge is 0.329 e. The third-order valence-corrected chi connectivity index (χ3v) is 4.96. The third-order valence-electron chi connectivity index (χ3n) is 4.96. The van der Waals surface area contributed by atoms with E-state index in [2.05, 4.69) is 25.8 Å².